The molecule has 2 N–H and O–H groups in total. The van der Waals surface area contributed by atoms with Crippen LogP contribution >= 0.6 is 24.0 Å². The van der Waals surface area contributed by atoms with Crippen LogP contribution < -0.4 is 15.4 Å². The van der Waals surface area contributed by atoms with E-state index >= 15 is 0 Å². The Balaban J connectivity index is 0.00000392. The lowest BCUT2D eigenvalue weighted by molar-refractivity contribution is 0.0203. The SMILES string of the molecule is CCNC(=NCc1ccnc(OCC)c1)NCCCOCC1CCOCC1.I. The number of halogens is 1. The van der Waals surface area contributed by atoms with Gasteiger partial charge < -0.3 is 24.8 Å². The van der Waals surface area contributed by atoms with E-state index in [9.17, 15) is 0 Å². The second-order valence-corrected chi connectivity index (χ2v) is 6.54. The van der Waals surface area contributed by atoms with Gasteiger partial charge in [0, 0.05) is 51.8 Å². The summed E-state index contributed by atoms with van der Waals surface area (Å²) < 4.78 is 16.6. The van der Waals surface area contributed by atoms with E-state index in [1.165, 1.54) is 0 Å². The molecule has 0 bridgehead atoms. The van der Waals surface area contributed by atoms with Gasteiger partial charge in [-0.1, -0.05) is 0 Å². The first-order valence-electron chi connectivity index (χ1n) is 10.1. The quantitative estimate of drug-likeness (QED) is 0.208. The summed E-state index contributed by atoms with van der Waals surface area (Å²) in [7, 11) is 0. The van der Waals surface area contributed by atoms with Gasteiger partial charge in [-0.25, -0.2) is 9.98 Å². The summed E-state index contributed by atoms with van der Waals surface area (Å²) in [6.45, 7) is 10.2. The zero-order valence-electron chi connectivity index (χ0n) is 17.1. The Labute approximate surface area is 186 Å². The minimum Gasteiger partial charge on any atom is -0.478 e. The molecule has 0 spiro atoms. The van der Waals surface area contributed by atoms with Crippen LogP contribution in [-0.2, 0) is 16.0 Å². The van der Waals surface area contributed by atoms with Gasteiger partial charge >= 0.3 is 0 Å². The maximum Gasteiger partial charge on any atom is 0.213 e. The topological polar surface area (TPSA) is 77.0 Å². The molecule has 1 aliphatic rings. The van der Waals surface area contributed by atoms with Crippen LogP contribution in [0, 0.1) is 5.92 Å². The lowest BCUT2D eigenvalue weighted by atomic mass is 10.0. The molecular formula is C20H35IN4O3. The second kappa shape index (κ2) is 15.8. The zero-order valence-corrected chi connectivity index (χ0v) is 19.4. The van der Waals surface area contributed by atoms with Gasteiger partial charge in [0.2, 0.25) is 5.88 Å². The summed E-state index contributed by atoms with van der Waals surface area (Å²) in [4.78, 5) is 8.81. The van der Waals surface area contributed by atoms with Gasteiger partial charge in [-0.3, -0.25) is 0 Å². The van der Waals surface area contributed by atoms with E-state index in [-0.39, 0.29) is 24.0 Å². The van der Waals surface area contributed by atoms with Crippen LogP contribution in [0.25, 0.3) is 0 Å². The predicted octanol–water partition coefficient (Wildman–Crippen LogP) is 2.99. The molecule has 160 valence electrons. The molecule has 0 amide bonds. The smallest absolute Gasteiger partial charge is 0.213 e. The maximum atomic E-state index is 5.80. The Bertz CT molecular complexity index is 554. The molecule has 0 unspecified atom stereocenters. The van der Waals surface area contributed by atoms with Crippen molar-refractivity contribution in [2.75, 3.05) is 46.1 Å². The third-order valence-electron chi connectivity index (χ3n) is 4.31. The summed E-state index contributed by atoms with van der Waals surface area (Å²) in [6, 6.07) is 3.89. The number of pyridine rings is 1. The number of guanidine groups is 1. The van der Waals surface area contributed by atoms with Crippen LogP contribution in [0.15, 0.2) is 23.3 Å². The molecule has 28 heavy (non-hydrogen) atoms. The molecule has 1 saturated heterocycles. The van der Waals surface area contributed by atoms with Crippen LogP contribution in [0.4, 0.5) is 0 Å². The van der Waals surface area contributed by atoms with E-state index in [0.29, 0.717) is 24.9 Å². The number of aliphatic imine (C=N–C) groups is 1. The Kier molecular flexibility index (Phi) is 14.0. The first kappa shape index (κ1) is 24.9. The molecule has 0 aromatic carbocycles. The summed E-state index contributed by atoms with van der Waals surface area (Å²) in [6.07, 6.45) is 4.95. The van der Waals surface area contributed by atoms with E-state index < -0.39 is 0 Å². The summed E-state index contributed by atoms with van der Waals surface area (Å²) in [5.41, 5.74) is 1.07. The molecule has 1 aliphatic heterocycles. The lowest BCUT2D eigenvalue weighted by Gasteiger charge is -2.21. The Morgan fingerprint density at radius 1 is 1.29 bits per heavy atom. The van der Waals surface area contributed by atoms with Crippen molar-refractivity contribution in [2.24, 2.45) is 10.9 Å². The number of nitrogens with one attached hydrogen (secondary N) is 2. The summed E-state index contributed by atoms with van der Waals surface area (Å²) in [5.74, 6) is 2.12. The molecule has 1 fully saturated rings. The van der Waals surface area contributed by atoms with E-state index in [4.69, 9.17) is 14.2 Å². The van der Waals surface area contributed by atoms with E-state index in [0.717, 1.165) is 70.3 Å². The first-order valence-corrected chi connectivity index (χ1v) is 10.1. The molecule has 2 heterocycles. The lowest BCUT2D eigenvalue weighted by Crippen LogP contribution is -2.38. The Morgan fingerprint density at radius 2 is 2.11 bits per heavy atom. The van der Waals surface area contributed by atoms with Crippen LogP contribution in [0.5, 0.6) is 5.88 Å². The highest BCUT2D eigenvalue weighted by Gasteiger charge is 2.13. The Hall–Kier alpha value is -1.13. The molecule has 1 aromatic heterocycles. The molecule has 0 aliphatic carbocycles. The third kappa shape index (κ3) is 10.4. The number of hydrogen-bond acceptors (Lipinski definition) is 5. The van der Waals surface area contributed by atoms with Crippen molar-refractivity contribution in [1.29, 1.82) is 0 Å². The van der Waals surface area contributed by atoms with E-state index in [1.54, 1.807) is 6.20 Å². The number of ether oxygens (including phenoxy) is 3. The normalized spacial score (nSPS) is 15.0. The molecule has 8 heteroatoms. The van der Waals surface area contributed by atoms with Crippen LogP contribution in [0.3, 0.4) is 0 Å². The highest BCUT2D eigenvalue weighted by Crippen LogP contribution is 2.14. The summed E-state index contributed by atoms with van der Waals surface area (Å²) >= 11 is 0. The maximum absolute atomic E-state index is 5.80. The first-order chi connectivity index (χ1) is 13.3. The van der Waals surface area contributed by atoms with Crippen molar-refractivity contribution < 1.29 is 14.2 Å². The van der Waals surface area contributed by atoms with Crippen molar-refractivity contribution >= 4 is 29.9 Å². The van der Waals surface area contributed by atoms with Crippen LogP contribution in [-0.4, -0.2) is 57.1 Å². The van der Waals surface area contributed by atoms with Gasteiger partial charge in [0.15, 0.2) is 5.96 Å². The number of nitrogens with zero attached hydrogens (tertiary/aromatic N) is 2. The number of rotatable bonds is 11. The fourth-order valence-electron chi connectivity index (χ4n) is 2.83. The molecule has 0 radical (unpaired) electrons. The van der Waals surface area contributed by atoms with Gasteiger partial charge in [-0.2, -0.15) is 0 Å². The fourth-order valence-corrected chi connectivity index (χ4v) is 2.83. The van der Waals surface area contributed by atoms with Crippen molar-refractivity contribution in [3.05, 3.63) is 23.9 Å². The molecule has 7 nitrogen and oxygen atoms in total. The van der Waals surface area contributed by atoms with Gasteiger partial charge in [-0.15, -0.1) is 24.0 Å². The highest BCUT2D eigenvalue weighted by molar-refractivity contribution is 14.0. The fraction of sp³-hybridized carbons (Fsp3) is 0.700. The molecule has 2 rings (SSSR count). The third-order valence-corrected chi connectivity index (χ3v) is 4.31. The standard InChI is InChI=1S/C20H34N4O3.HI/c1-3-21-20(24-15-18-6-10-22-19(14-18)27-4-2)23-9-5-11-26-16-17-7-12-25-13-8-17;/h6,10,14,17H,3-5,7-9,11-13,15-16H2,1-2H3,(H2,21,23,24);1H. The zero-order chi connectivity index (χ0) is 19.2. The van der Waals surface area contributed by atoms with Crippen molar-refractivity contribution in [1.82, 2.24) is 15.6 Å². The van der Waals surface area contributed by atoms with E-state index in [1.807, 2.05) is 19.1 Å². The molecule has 0 saturated carbocycles. The van der Waals surface area contributed by atoms with Crippen LogP contribution in [0.1, 0.15) is 38.7 Å². The largest absolute Gasteiger partial charge is 0.478 e. The average Bonchev–Trinajstić information content (AvgIpc) is 2.70. The molecule has 0 atom stereocenters. The Morgan fingerprint density at radius 3 is 2.86 bits per heavy atom. The monoisotopic (exact) mass is 506 g/mol. The molecule has 1 aromatic rings. The average molecular weight is 506 g/mol. The van der Waals surface area contributed by atoms with Gasteiger partial charge in [0.05, 0.1) is 13.2 Å². The van der Waals surface area contributed by atoms with Crippen molar-refractivity contribution in [2.45, 2.75) is 39.7 Å². The van der Waals surface area contributed by atoms with Gasteiger partial charge in [0.25, 0.3) is 0 Å². The van der Waals surface area contributed by atoms with Crippen LogP contribution in [0.2, 0.25) is 0 Å². The van der Waals surface area contributed by atoms with Gasteiger partial charge in [0.1, 0.15) is 0 Å². The highest BCUT2D eigenvalue weighted by atomic mass is 127. The minimum atomic E-state index is 0. The van der Waals surface area contributed by atoms with Crippen molar-refractivity contribution in [3.63, 3.8) is 0 Å². The van der Waals surface area contributed by atoms with Gasteiger partial charge in [-0.05, 0) is 50.7 Å². The summed E-state index contributed by atoms with van der Waals surface area (Å²) in [5, 5.41) is 6.63. The second-order valence-electron chi connectivity index (χ2n) is 6.54. The molecular weight excluding hydrogens is 471 g/mol. The van der Waals surface area contributed by atoms with Crippen molar-refractivity contribution in [3.8, 4) is 5.88 Å². The number of aromatic nitrogens is 1. The number of hydrogen-bond donors (Lipinski definition) is 2. The minimum absolute atomic E-state index is 0. The predicted molar refractivity (Wildman–Crippen MR) is 123 cm³/mol. The van der Waals surface area contributed by atoms with E-state index in [2.05, 4.69) is 27.5 Å².